The van der Waals surface area contributed by atoms with Gasteiger partial charge in [0, 0.05) is 30.6 Å². The van der Waals surface area contributed by atoms with Crippen molar-refractivity contribution < 1.29 is 9.13 Å². The summed E-state index contributed by atoms with van der Waals surface area (Å²) in [5, 5.41) is 13.7. The fourth-order valence-corrected chi connectivity index (χ4v) is 4.60. The van der Waals surface area contributed by atoms with E-state index >= 15 is 0 Å². The van der Waals surface area contributed by atoms with Crippen LogP contribution in [0.1, 0.15) is 29.8 Å². The molecule has 0 saturated carbocycles. The van der Waals surface area contributed by atoms with Gasteiger partial charge < -0.3 is 15.8 Å². The fraction of sp³-hybridized carbons (Fsp3) is 0.259. The Morgan fingerprint density at radius 3 is 2.69 bits per heavy atom. The normalized spacial score (nSPS) is 14.9. The first-order valence-electron chi connectivity index (χ1n) is 11.8. The first-order chi connectivity index (χ1) is 17.5. The van der Waals surface area contributed by atoms with E-state index in [9.17, 15) is 9.65 Å². The van der Waals surface area contributed by atoms with Gasteiger partial charge >= 0.3 is 0 Å². The van der Waals surface area contributed by atoms with Crippen LogP contribution >= 0.6 is 0 Å². The summed E-state index contributed by atoms with van der Waals surface area (Å²) in [4.78, 5) is 15.5. The number of nitrogens with zero attached hydrogens (tertiary/aromatic N) is 5. The second-order valence-corrected chi connectivity index (χ2v) is 8.73. The molecule has 0 aliphatic carbocycles. The minimum atomic E-state index is -0.348. The van der Waals surface area contributed by atoms with E-state index < -0.39 is 0 Å². The van der Waals surface area contributed by atoms with Gasteiger partial charge in [-0.25, -0.2) is 19.3 Å². The number of ether oxygens (including phenoxy) is 1. The van der Waals surface area contributed by atoms with E-state index in [2.05, 4.69) is 26.3 Å². The molecule has 1 aliphatic heterocycles. The topological polar surface area (TPSA) is 113 Å². The molecule has 0 radical (unpaired) electrons. The zero-order valence-electron chi connectivity index (χ0n) is 19.9. The van der Waals surface area contributed by atoms with Gasteiger partial charge in [0.15, 0.2) is 0 Å². The van der Waals surface area contributed by atoms with Crippen molar-refractivity contribution >= 4 is 22.5 Å². The molecule has 0 amide bonds. The van der Waals surface area contributed by atoms with Gasteiger partial charge in [-0.2, -0.15) is 5.26 Å². The Kier molecular flexibility index (Phi) is 6.71. The Labute approximate surface area is 208 Å². The van der Waals surface area contributed by atoms with Gasteiger partial charge in [0.05, 0.1) is 30.5 Å². The summed E-state index contributed by atoms with van der Waals surface area (Å²) < 4.78 is 20.0. The molecule has 1 aliphatic rings. The zero-order valence-corrected chi connectivity index (χ0v) is 19.9. The van der Waals surface area contributed by atoms with Crippen molar-refractivity contribution in [3.8, 4) is 17.2 Å². The number of hydrogen-bond acceptors (Lipinski definition) is 8. The van der Waals surface area contributed by atoms with Crippen LogP contribution in [0.3, 0.4) is 0 Å². The Morgan fingerprint density at radius 2 is 1.94 bits per heavy atom. The lowest BCUT2D eigenvalue weighted by Crippen LogP contribution is -2.36. The highest BCUT2D eigenvalue weighted by Crippen LogP contribution is 2.37. The molecule has 182 valence electrons. The lowest BCUT2D eigenvalue weighted by atomic mass is 9.91. The van der Waals surface area contributed by atoms with E-state index in [1.54, 1.807) is 12.1 Å². The van der Waals surface area contributed by atoms with Crippen molar-refractivity contribution in [2.24, 2.45) is 0 Å². The van der Waals surface area contributed by atoms with Crippen LogP contribution in [0.15, 0.2) is 54.9 Å². The first kappa shape index (κ1) is 23.6. The van der Waals surface area contributed by atoms with E-state index in [4.69, 9.17) is 15.5 Å². The van der Waals surface area contributed by atoms with Crippen LogP contribution < -0.4 is 11.1 Å². The summed E-state index contributed by atoms with van der Waals surface area (Å²) in [6.07, 6.45) is 1.32. The predicted octanol–water partition coefficient (Wildman–Crippen LogP) is 4.29. The molecule has 5 rings (SSSR count). The molecule has 0 bridgehead atoms. The van der Waals surface area contributed by atoms with Crippen LogP contribution in [0.25, 0.3) is 22.0 Å². The highest BCUT2D eigenvalue weighted by atomic mass is 19.1. The number of rotatable bonds is 6. The molecule has 2 aromatic heterocycles. The number of morpholine rings is 1. The predicted molar refractivity (Wildman–Crippen MR) is 136 cm³/mol. The molecule has 0 spiro atoms. The Hall–Kier alpha value is -4.13. The summed E-state index contributed by atoms with van der Waals surface area (Å²) in [5.41, 5.74) is 10.5. The number of halogens is 1. The third-order valence-corrected chi connectivity index (χ3v) is 6.38. The maximum atomic E-state index is 14.5. The average molecular weight is 484 g/mol. The molecular formula is C27H26FN7O. The molecule has 3 heterocycles. The van der Waals surface area contributed by atoms with Crippen molar-refractivity contribution in [3.63, 3.8) is 0 Å². The molecule has 9 heteroatoms. The largest absolute Gasteiger partial charge is 0.382 e. The number of nitrogens with one attached hydrogen (secondary N) is 1. The fourth-order valence-electron chi connectivity index (χ4n) is 4.60. The van der Waals surface area contributed by atoms with Crippen LogP contribution in [0.4, 0.5) is 16.0 Å². The van der Waals surface area contributed by atoms with Gasteiger partial charge in [0.2, 0.25) is 0 Å². The smallest absolute Gasteiger partial charge is 0.150 e. The minimum absolute atomic E-state index is 0.112. The average Bonchev–Trinajstić information content (AvgIpc) is 2.90. The number of nitriles is 1. The van der Waals surface area contributed by atoms with Gasteiger partial charge in [-0.15, -0.1) is 0 Å². The highest BCUT2D eigenvalue weighted by Gasteiger charge is 2.24. The standard InChI is InChI=1S/C27H26FN7O/c1-17(33-27-21(14-29)26(30)31-16-32-27)25-24(18-5-3-2-4-6-18)22(15-35-9-11-36-12-10-35)20-13-19(28)7-8-23(20)34-25/h2-8,13,16-17H,9-12,15H2,1H3,(H3,30,31,32,33). The van der Waals surface area contributed by atoms with E-state index in [1.165, 1.54) is 12.4 Å². The van der Waals surface area contributed by atoms with E-state index in [-0.39, 0.29) is 23.2 Å². The number of pyridine rings is 1. The van der Waals surface area contributed by atoms with Crippen LogP contribution in [0.5, 0.6) is 0 Å². The third kappa shape index (κ3) is 4.69. The zero-order chi connectivity index (χ0) is 25.1. The molecule has 1 fully saturated rings. The van der Waals surface area contributed by atoms with Crippen molar-refractivity contribution in [2.45, 2.75) is 19.5 Å². The summed E-state index contributed by atoms with van der Waals surface area (Å²) in [7, 11) is 0. The molecule has 3 N–H and O–H groups in total. The molecule has 2 aromatic carbocycles. The van der Waals surface area contributed by atoms with Gasteiger partial charge in [-0.3, -0.25) is 4.90 Å². The van der Waals surface area contributed by atoms with Crippen molar-refractivity contribution in [2.75, 3.05) is 37.4 Å². The number of anilines is 2. The minimum Gasteiger partial charge on any atom is -0.382 e. The molecule has 1 unspecified atom stereocenters. The molecular weight excluding hydrogens is 457 g/mol. The monoisotopic (exact) mass is 483 g/mol. The van der Waals surface area contributed by atoms with Crippen LogP contribution in [0.2, 0.25) is 0 Å². The van der Waals surface area contributed by atoms with Crippen molar-refractivity contribution in [1.29, 1.82) is 5.26 Å². The number of aromatic nitrogens is 3. The maximum absolute atomic E-state index is 14.5. The van der Waals surface area contributed by atoms with Crippen LogP contribution in [0, 0.1) is 17.1 Å². The molecule has 8 nitrogen and oxygen atoms in total. The van der Waals surface area contributed by atoms with Gasteiger partial charge in [-0.1, -0.05) is 30.3 Å². The Morgan fingerprint density at radius 1 is 1.17 bits per heavy atom. The lowest BCUT2D eigenvalue weighted by molar-refractivity contribution is 0.0344. The third-order valence-electron chi connectivity index (χ3n) is 6.38. The van der Waals surface area contributed by atoms with Gasteiger partial charge in [0.1, 0.15) is 35.4 Å². The number of nitrogen functional groups attached to an aromatic ring is 1. The van der Waals surface area contributed by atoms with E-state index in [0.29, 0.717) is 31.1 Å². The number of benzene rings is 2. The van der Waals surface area contributed by atoms with Crippen molar-refractivity contribution in [3.05, 3.63) is 77.5 Å². The summed E-state index contributed by atoms with van der Waals surface area (Å²) >= 11 is 0. The van der Waals surface area contributed by atoms with Crippen LogP contribution in [-0.2, 0) is 11.3 Å². The summed E-state index contributed by atoms with van der Waals surface area (Å²) in [6, 6.07) is 16.4. The molecule has 4 aromatic rings. The molecule has 1 saturated heterocycles. The number of fused-ring (bicyclic) bond motifs is 1. The van der Waals surface area contributed by atoms with E-state index in [0.717, 1.165) is 40.9 Å². The highest BCUT2D eigenvalue weighted by molar-refractivity contribution is 5.90. The SMILES string of the molecule is CC(Nc1ncnc(N)c1C#N)c1nc2ccc(F)cc2c(CN2CCOCC2)c1-c1ccccc1. The quantitative estimate of drug-likeness (QED) is 0.418. The Balaban J connectivity index is 1.70. The number of nitrogens with two attached hydrogens (primary N) is 1. The summed E-state index contributed by atoms with van der Waals surface area (Å²) in [6.45, 7) is 5.50. The summed E-state index contributed by atoms with van der Waals surface area (Å²) in [5.74, 6) is 0.147. The van der Waals surface area contributed by atoms with E-state index in [1.807, 2.05) is 37.3 Å². The second-order valence-electron chi connectivity index (χ2n) is 8.73. The second kappa shape index (κ2) is 10.2. The van der Waals surface area contributed by atoms with Gasteiger partial charge in [0.25, 0.3) is 0 Å². The molecule has 1 atom stereocenters. The van der Waals surface area contributed by atoms with Gasteiger partial charge in [-0.05, 0) is 36.2 Å². The maximum Gasteiger partial charge on any atom is 0.150 e. The first-order valence-corrected chi connectivity index (χ1v) is 11.8. The lowest BCUT2D eigenvalue weighted by Gasteiger charge is -2.29. The molecule has 36 heavy (non-hydrogen) atoms. The van der Waals surface area contributed by atoms with Crippen molar-refractivity contribution in [1.82, 2.24) is 19.9 Å². The van der Waals surface area contributed by atoms with Crippen LogP contribution in [-0.4, -0.2) is 46.2 Å². The number of hydrogen-bond donors (Lipinski definition) is 2. The Bertz CT molecular complexity index is 1430.